The van der Waals surface area contributed by atoms with Gasteiger partial charge in [-0.15, -0.1) is 0 Å². The van der Waals surface area contributed by atoms with Crippen molar-refractivity contribution in [1.29, 1.82) is 0 Å². The topological polar surface area (TPSA) is 32.3 Å². The van der Waals surface area contributed by atoms with Crippen LogP contribution < -0.4 is 5.32 Å². The summed E-state index contributed by atoms with van der Waals surface area (Å²) in [6.07, 6.45) is 2.01. The van der Waals surface area contributed by atoms with Crippen molar-refractivity contribution in [2.75, 3.05) is 20.1 Å². The number of halogens is 2. The van der Waals surface area contributed by atoms with Crippen molar-refractivity contribution < 1.29 is 9.18 Å². The van der Waals surface area contributed by atoms with E-state index in [1.54, 1.807) is 6.07 Å². The third-order valence-corrected chi connectivity index (χ3v) is 3.65. The molecule has 1 aliphatic heterocycles. The van der Waals surface area contributed by atoms with Crippen LogP contribution in [-0.2, 0) is 0 Å². The van der Waals surface area contributed by atoms with Gasteiger partial charge in [-0.1, -0.05) is 15.9 Å². The standard InChI is InChI=1S/C13H16BrFN2O/c1-16-8-12-3-2-4-17(12)13(18)9-5-10(14)7-11(15)6-9/h5-7,12,16H,2-4,8H2,1H3/t12-/m0/s1. The molecular weight excluding hydrogens is 299 g/mol. The molecule has 0 radical (unpaired) electrons. The molecule has 3 nitrogen and oxygen atoms in total. The highest BCUT2D eigenvalue weighted by Crippen LogP contribution is 2.22. The van der Waals surface area contributed by atoms with Crippen LogP contribution in [0.15, 0.2) is 22.7 Å². The maximum absolute atomic E-state index is 13.3. The number of amides is 1. The Kier molecular flexibility index (Phi) is 4.35. The van der Waals surface area contributed by atoms with Crippen molar-refractivity contribution in [2.45, 2.75) is 18.9 Å². The van der Waals surface area contributed by atoms with Crippen molar-refractivity contribution in [3.63, 3.8) is 0 Å². The lowest BCUT2D eigenvalue weighted by Gasteiger charge is -2.24. The van der Waals surface area contributed by atoms with Crippen LogP contribution in [0.25, 0.3) is 0 Å². The van der Waals surface area contributed by atoms with E-state index in [1.165, 1.54) is 12.1 Å². The quantitative estimate of drug-likeness (QED) is 0.929. The molecule has 0 bridgehead atoms. The Labute approximate surface area is 114 Å². The lowest BCUT2D eigenvalue weighted by molar-refractivity contribution is 0.0736. The van der Waals surface area contributed by atoms with Crippen LogP contribution >= 0.6 is 15.9 Å². The van der Waals surface area contributed by atoms with Crippen LogP contribution in [0.1, 0.15) is 23.2 Å². The summed E-state index contributed by atoms with van der Waals surface area (Å²) < 4.78 is 13.9. The number of benzene rings is 1. The summed E-state index contributed by atoms with van der Waals surface area (Å²) in [6.45, 7) is 1.53. The van der Waals surface area contributed by atoms with E-state index >= 15 is 0 Å². The number of nitrogens with one attached hydrogen (secondary N) is 1. The number of hydrogen-bond donors (Lipinski definition) is 1. The molecule has 1 N–H and O–H groups in total. The SMILES string of the molecule is CNC[C@@H]1CCCN1C(=O)c1cc(F)cc(Br)c1. The van der Waals surface area contributed by atoms with Gasteiger partial charge in [-0.3, -0.25) is 4.79 Å². The molecule has 1 aliphatic rings. The zero-order valence-electron chi connectivity index (χ0n) is 10.2. The van der Waals surface area contributed by atoms with Gasteiger partial charge in [0.05, 0.1) is 0 Å². The summed E-state index contributed by atoms with van der Waals surface area (Å²) in [7, 11) is 1.87. The van der Waals surface area contributed by atoms with Crippen molar-refractivity contribution in [2.24, 2.45) is 0 Å². The molecule has 1 atom stereocenters. The fourth-order valence-electron chi connectivity index (χ4n) is 2.39. The van der Waals surface area contributed by atoms with Gasteiger partial charge >= 0.3 is 0 Å². The molecule has 1 heterocycles. The second-order valence-corrected chi connectivity index (χ2v) is 5.43. The maximum Gasteiger partial charge on any atom is 0.254 e. The minimum absolute atomic E-state index is 0.0899. The van der Waals surface area contributed by atoms with Crippen LogP contribution in [0.5, 0.6) is 0 Å². The zero-order valence-corrected chi connectivity index (χ0v) is 11.8. The molecule has 5 heteroatoms. The highest BCUT2D eigenvalue weighted by Gasteiger charge is 2.29. The second-order valence-electron chi connectivity index (χ2n) is 4.51. The molecule has 0 saturated carbocycles. The molecule has 0 spiro atoms. The molecule has 1 aromatic rings. The Morgan fingerprint density at radius 2 is 2.33 bits per heavy atom. The van der Waals surface area contributed by atoms with Gasteiger partial charge < -0.3 is 10.2 Å². The molecule has 1 amide bonds. The predicted molar refractivity (Wildman–Crippen MR) is 72.1 cm³/mol. The molecule has 0 aliphatic carbocycles. The summed E-state index contributed by atoms with van der Waals surface area (Å²) in [5.41, 5.74) is 0.407. The number of rotatable bonds is 3. The van der Waals surface area contributed by atoms with Crippen molar-refractivity contribution in [3.05, 3.63) is 34.1 Å². The van der Waals surface area contributed by atoms with E-state index in [0.29, 0.717) is 10.0 Å². The van der Waals surface area contributed by atoms with Gasteiger partial charge in [0.25, 0.3) is 5.91 Å². The average molecular weight is 315 g/mol. The van der Waals surface area contributed by atoms with E-state index < -0.39 is 5.82 Å². The summed E-state index contributed by atoms with van der Waals surface area (Å²) in [4.78, 5) is 14.2. The number of likely N-dealkylation sites (N-methyl/N-ethyl adjacent to an activating group) is 1. The van der Waals surface area contributed by atoms with E-state index in [2.05, 4.69) is 21.2 Å². The highest BCUT2D eigenvalue weighted by atomic mass is 79.9. The summed E-state index contributed by atoms with van der Waals surface area (Å²) in [5, 5.41) is 3.09. The Bertz CT molecular complexity index is 432. The van der Waals surface area contributed by atoms with E-state index in [-0.39, 0.29) is 11.9 Å². The van der Waals surface area contributed by atoms with Gasteiger partial charge in [0.2, 0.25) is 0 Å². The fraction of sp³-hybridized carbons (Fsp3) is 0.462. The lowest BCUT2D eigenvalue weighted by Crippen LogP contribution is -2.40. The zero-order chi connectivity index (χ0) is 13.1. The smallest absolute Gasteiger partial charge is 0.254 e. The molecule has 0 unspecified atom stereocenters. The van der Waals surface area contributed by atoms with Gasteiger partial charge in [-0.25, -0.2) is 4.39 Å². The van der Waals surface area contributed by atoms with E-state index in [0.717, 1.165) is 25.9 Å². The van der Waals surface area contributed by atoms with Gasteiger partial charge in [0, 0.05) is 29.2 Å². The van der Waals surface area contributed by atoms with Crippen molar-refractivity contribution in [1.82, 2.24) is 10.2 Å². The Hall–Kier alpha value is -0.940. The van der Waals surface area contributed by atoms with Gasteiger partial charge in [-0.05, 0) is 38.1 Å². The Balaban J connectivity index is 2.19. The number of carbonyl (C=O) groups excluding carboxylic acids is 1. The molecule has 18 heavy (non-hydrogen) atoms. The first-order chi connectivity index (χ1) is 8.61. The lowest BCUT2D eigenvalue weighted by atomic mass is 10.1. The molecule has 1 saturated heterocycles. The average Bonchev–Trinajstić information content (AvgIpc) is 2.75. The number of carbonyl (C=O) groups is 1. The normalized spacial score (nSPS) is 19.3. The first kappa shape index (κ1) is 13.5. The second kappa shape index (κ2) is 5.80. The summed E-state index contributed by atoms with van der Waals surface area (Å²) in [6, 6.07) is 4.53. The highest BCUT2D eigenvalue weighted by molar-refractivity contribution is 9.10. The first-order valence-electron chi connectivity index (χ1n) is 6.03. The van der Waals surface area contributed by atoms with Gasteiger partial charge in [0.1, 0.15) is 5.82 Å². The van der Waals surface area contributed by atoms with Crippen molar-refractivity contribution >= 4 is 21.8 Å². The molecule has 98 valence electrons. The van der Waals surface area contributed by atoms with Crippen molar-refractivity contribution in [3.8, 4) is 0 Å². The minimum atomic E-state index is -0.392. The number of likely N-dealkylation sites (tertiary alicyclic amines) is 1. The third kappa shape index (κ3) is 2.90. The summed E-state index contributed by atoms with van der Waals surface area (Å²) >= 11 is 3.21. The van der Waals surface area contributed by atoms with Crippen LogP contribution in [0, 0.1) is 5.82 Å². The van der Waals surface area contributed by atoms with Gasteiger partial charge in [0.15, 0.2) is 0 Å². The van der Waals surface area contributed by atoms with Gasteiger partial charge in [-0.2, -0.15) is 0 Å². The molecule has 1 aromatic carbocycles. The molecule has 1 fully saturated rings. The van der Waals surface area contributed by atoms with Crippen LogP contribution in [0.3, 0.4) is 0 Å². The largest absolute Gasteiger partial charge is 0.334 e. The summed E-state index contributed by atoms with van der Waals surface area (Å²) in [5.74, 6) is -0.481. The third-order valence-electron chi connectivity index (χ3n) is 3.19. The molecule has 0 aromatic heterocycles. The number of hydrogen-bond acceptors (Lipinski definition) is 2. The Morgan fingerprint density at radius 3 is 3.00 bits per heavy atom. The van der Waals surface area contributed by atoms with Crippen LogP contribution in [-0.4, -0.2) is 37.0 Å². The van der Waals surface area contributed by atoms with E-state index in [4.69, 9.17) is 0 Å². The monoisotopic (exact) mass is 314 g/mol. The van der Waals surface area contributed by atoms with E-state index in [9.17, 15) is 9.18 Å². The predicted octanol–water partition coefficient (Wildman–Crippen LogP) is 2.41. The number of nitrogens with zero attached hydrogens (tertiary/aromatic N) is 1. The van der Waals surface area contributed by atoms with Crippen LogP contribution in [0.2, 0.25) is 0 Å². The molecular formula is C13H16BrFN2O. The Morgan fingerprint density at radius 1 is 1.56 bits per heavy atom. The maximum atomic E-state index is 13.3. The first-order valence-corrected chi connectivity index (χ1v) is 6.83. The fourth-order valence-corrected chi connectivity index (χ4v) is 2.86. The molecule has 2 rings (SSSR count). The minimum Gasteiger partial charge on any atom is -0.334 e. The van der Waals surface area contributed by atoms with E-state index in [1.807, 2.05) is 11.9 Å². The van der Waals surface area contributed by atoms with Crippen LogP contribution in [0.4, 0.5) is 4.39 Å².